The molecule has 2 rings (SSSR count). The van der Waals surface area contributed by atoms with Gasteiger partial charge in [-0.1, -0.05) is 0 Å². The average molecular weight is 264 g/mol. The van der Waals surface area contributed by atoms with E-state index in [1.54, 1.807) is 11.3 Å². The number of hydrogen-bond donors (Lipinski definition) is 0. The molecule has 0 fully saturated rings. The molecule has 1 heterocycles. The minimum atomic E-state index is 0. The van der Waals surface area contributed by atoms with Crippen molar-refractivity contribution in [1.29, 1.82) is 0 Å². The average Bonchev–Trinajstić information content (AvgIpc) is 2.69. The maximum absolute atomic E-state index is 5.25. The maximum Gasteiger partial charge on any atom is 2.00 e. The largest absolute Gasteiger partial charge is 2.00 e. The number of terminal acetylenes is 1. The minimum Gasteiger partial charge on any atom is -0.697 e. The van der Waals surface area contributed by atoms with Crippen molar-refractivity contribution < 1.29 is 18.6 Å². The Bertz CT molecular complexity index is 442. The van der Waals surface area contributed by atoms with Gasteiger partial charge >= 0.3 is 18.6 Å². The van der Waals surface area contributed by atoms with Crippen LogP contribution < -0.4 is 0 Å². The van der Waals surface area contributed by atoms with Gasteiger partial charge in [-0.3, -0.25) is 0 Å². The summed E-state index contributed by atoms with van der Waals surface area (Å²) >= 11 is 1.68. The van der Waals surface area contributed by atoms with Crippen molar-refractivity contribution in [2.75, 3.05) is 0 Å². The molecule has 0 saturated carbocycles. The Morgan fingerprint density at radius 2 is 1.81 bits per heavy atom. The zero-order valence-corrected chi connectivity index (χ0v) is 11.2. The Morgan fingerprint density at radius 1 is 1.25 bits per heavy atom. The van der Waals surface area contributed by atoms with Gasteiger partial charge in [0.15, 0.2) is 0 Å². The molecular formula is C13H11NSV. The smallest absolute Gasteiger partial charge is 0.697 e. The first-order valence-corrected chi connectivity index (χ1v) is 5.27. The van der Waals surface area contributed by atoms with E-state index in [0.717, 1.165) is 21.8 Å². The number of thiazole rings is 1. The van der Waals surface area contributed by atoms with E-state index in [0.29, 0.717) is 0 Å². The molecule has 0 aliphatic carbocycles. The van der Waals surface area contributed by atoms with Crippen molar-refractivity contribution in [2.45, 2.75) is 6.92 Å². The number of aryl methyl sites for hydroxylation is 1. The summed E-state index contributed by atoms with van der Waals surface area (Å²) in [5, 5.41) is 3.18. The molecule has 0 N–H and O–H groups in total. The predicted octanol–water partition coefficient (Wildman–Crippen LogP) is 3.50. The summed E-state index contributed by atoms with van der Waals surface area (Å²) in [6, 6.07) is 8.11. The normalized spacial score (nSPS) is 8.44. The molecule has 79 valence electrons. The fourth-order valence-corrected chi connectivity index (χ4v) is 1.79. The van der Waals surface area contributed by atoms with Crippen LogP contribution in [0.4, 0.5) is 0 Å². The zero-order chi connectivity index (χ0) is 11.3. The number of benzene rings is 1. The van der Waals surface area contributed by atoms with Gasteiger partial charge in [-0.15, -0.1) is 23.5 Å². The molecule has 0 amide bonds. The number of rotatable bonds is 1. The van der Waals surface area contributed by atoms with Crippen LogP contribution in [0.1, 0.15) is 10.6 Å². The SMILES string of the molecule is [C-]#C.[CH2-]c1ccc(-c2csc(C)n2)cc1.[V+2]. The Balaban J connectivity index is 0.000000711. The Kier molecular flexibility index (Phi) is 6.68. The van der Waals surface area contributed by atoms with Gasteiger partial charge in [-0.25, -0.2) is 4.98 Å². The minimum absolute atomic E-state index is 0. The molecule has 0 aliphatic rings. The van der Waals surface area contributed by atoms with Gasteiger partial charge in [0.1, 0.15) is 0 Å². The summed E-state index contributed by atoms with van der Waals surface area (Å²) in [6.07, 6.45) is 9.00. The van der Waals surface area contributed by atoms with Crippen molar-refractivity contribution in [1.82, 2.24) is 4.98 Å². The number of hydrogen-bond acceptors (Lipinski definition) is 2. The Hall–Kier alpha value is -1.14. The summed E-state index contributed by atoms with van der Waals surface area (Å²) in [7, 11) is 0. The topological polar surface area (TPSA) is 12.9 Å². The van der Waals surface area contributed by atoms with Crippen LogP contribution in [0.25, 0.3) is 11.3 Å². The second kappa shape index (κ2) is 7.19. The first-order valence-electron chi connectivity index (χ1n) is 4.39. The van der Waals surface area contributed by atoms with E-state index in [1.807, 2.05) is 19.1 Å². The van der Waals surface area contributed by atoms with Crippen molar-refractivity contribution in [3.05, 3.63) is 53.6 Å². The van der Waals surface area contributed by atoms with Crippen molar-refractivity contribution in [2.24, 2.45) is 0 Å². The molecule has 3 heteroatoms. The molecule has 1 nitrogen and oxygen atoms in total. The van der Waals surface area contributed by atoms with Crippen LogP contribution in [-0.2, 0) is 18.6 Å². The van der Waals surface area contributed by atoms with E-state index in [2.05, 4.69) is 35.8 Å². The van der Waals surface area contributed by atoms with Crippen LogP contribution in [0.5, 0.6) is 0 Å². The molecule has 16 heavy (non-hydrogen) atoms. The second-order valence-electron chi connectivity index (χ2n) is 2.95. The number of aromatic nitrogens is 1. The standard InChI is InChI=1S/C11H10NS.C2H.V/c1-8-3-5-10(6-4-8)11-7-13-9(2)12-11;1-2;/h3-7H,1H2,2H3;1H;/q2*-1;+2. The predicted molar refractivity (Wildman–Crippen MR) is 64.9 cm³/mol. The van der Waals surface area contributed by atoms with E-state index in [4.69, 9.17) is 6.42 Å². The molecule has 0 aliphatic heterocycles. The van der Waals surface area contributed by atoms with Gasteiger partial charge in [0.05, 0.1) is 10.7 Å². The molecular weight excluding hydrogens is 253 g/mol. The summed E-state index contributed by atoms with van der Waals surface area (Å²) < 4.78 is 0. The van der Waals surface area contributed by atoms with Crippen LogP contribution in [0.2, 0.25) is 0 Å². The van der Waals surface area contributed by atoms with Crippen LogP contribution in [0, 0.1) is 26.7 Å². The molecule has 0 saturated heterocycles. The molecule has 0 bridgehead atoms. The van der Waals surface area contributed by atoms with Crippen molar-refractivity contribution >= 4 is 11.3 Å². The van der Waals surface area contributed by atoms with Gasteiger partial charge < -0.3 is 12.8 Å². The zero-order valence-electron chi connectivity index (χ0n) is 8.97. The van der Waals surface area contributed by atoms with Crippen LogP contribution in [0.15, 0.2) is 29.6 Å². The quantitative estimate of drug-likeness (QED) is 0.567. The molecule has 1 aromatic heterocycles. The van der Waals surface area contributed by atoms with Crippen molar-refractivity contribution in [3.8, 4) is 17.7 Å². The van der Waals surface area contributed by atoms with Crippen LogP contribution >= 0.6 is 11.3 Å². The van der Waals surface area contributed by atoms with Gasteiger partial charge in [0, 0.05) is 5.38 Å². The van der Waals surface area contributed by atoms with Gasteiger partial charge in [-0.05, 0) is 12.5 Å². The summed E-state index contributed by atoms with van der Waals surface area (Å²) in [4.78, 5) is 4.41. The van der Waals surface area contributed by atoms with Crippen LogP contribution in [0.3, 0.4) is 0 Å². The third-order valence-electron chi connectivity index (χ3n) is 1.87. The van der Waals surface area contributed by atoms with Gasteiger partial charge in [0.2, 0.25) is 0 Å². The molecule has 1 radical (unpaired) electrons. The van der Waals surface area contributed by atoms with Crippen molar-refractivity contribution in [3.63, 3.8) is 0 Å². The van der Waals surface area contributed by atoms with E-state index in [9.17, 15) is 0 Å². The summed E-state index contributed by atoms with van der Waals surface area (Å²) in [5.41, 5.74) is 3.26. The molecule has 0 unspecified atom stereocenters. The third kappa shape index (κ3) is 3.79. The summed E-state index contributed by atoms with van der Waals surface area (Å²) in [6.45, 7) is 5.86. The maximum atomic E-state index is 5.25. The van der Waals surface area contributed by atoms with E-state index < -0.39 is 0 Å². The Morgan fingerprint density at radius 3 is 2.25 bits per heavy atom. The van der Waals surface area contributed by atoms with E-state index in [-0.39, 0.29) is 18.6 Å². The second-order valence-corrected chi connectivity index (χ2v) is 4.01. The fraction of sp³-hybridized carbons (Fsp3) is 0.0769. The number of nitrogens with zero attached hydrogens (tertiary/aromatic N) is 1. The Labute approximate surface area is 113 Å². The third-order valence-corrected chi connectivity index (χ3v) is 2.64. The molecule has 2 aromatic rings. The first-order chi connectivity index (χ1) is 7.25. The van der Waals surface area contributed by atoms with Gasteiger partial charge in [-0.2, -0.15) is 24.6 Å². The summed E-state index contributed by atoms with van der Waals surface area (Å²) in [5.74, 6) is 0. The molecule has 0 spiro atoms. The molecule has 1 aromatic carbocycles. The van der Waals surface area contributed by atoms with E-state index >= 15 is 0 Å². The first kappa shape index (κ1) is 14.9. The van der Waals surface area contributed by atoms with E-state index in [1.165, 1.54) is 0 Å². The fourth-order valence-electron chi connectivity index (χ4n) is 1.17. The van der Waals surface area contributed by atoms with Crippen LogP contribution in [-0.4, -0.2) is 4.98 Å². The molecule has 0 atom stereocenters. The van der Waals surface area contributed by atoms with Gasteiger partial charge in [0.25, 0.3) is 0 Å². The monoisotopic (exact) mass is 264 g/mol.